The van der Waals surface area contributed by atoms with E-state index >= 15 is 0 Å². The fourth-order valence-corrected chi connectivity index (χ4v) is 5.38. The molecule has 0 aromatic heterocycles. The summed E-state index contributed by atoms with van der Waals surface area (Å²) in [5, 5.41) is 0. The minimum absolute atomic E-state index is 0.0155. The van der Waals surface area contributed by atoms with E-state index in [9.17, 15) is 0 Å². The number of hydrogen-bond donors (Lipinski definition) is 0. The molecule has 4 atom stereocenters. The van der Waals surface area contributed by atoms with Crippen LogP contribution in [0.5, 0.6) is 0 Å². The van der Waals surface area contributed by atoms with Gasteiger partial charge in [-0.25, -0.2) is 0 Å². The van der Waals surface area contributed by atoms with Crippen LogP contribution in [-0.2, 0) is 5.41 Å². The minimum Gasteiger partial charge on any atom is -0.351 e. The van der Waals surface area contributed by atoms with E-state index in [0.717, 1.165) is 0 Å². The van der Waals surface area contributed by atoms with E-state index < -0.39 is 0 Å². The summed E-state index contributed by atoms with van der Waals surface area (Å²) in [5.74, 6) is 0. The molecule has 0 N–H and O–H groups in total. The molecule has 2 aliphatic rings. The Labute approximate surface area is 164 Å². The van der Waals surface area contributed by atoms with Gasteiger partial charge in [0.2, 0.25) is 0 Å². The van der Waals surface area contributed by atoms with E-state index in [1.807, 2.05) is 0 Å². The predicted molar refractivity (Wildman–Crippen MR) is 115 cm³/mol. The lowest BCUT2D eigenvalue weighted by molar-refractivity contribution is 0.152. The molecule has 2 nitrogen and oxygen atoms in total. The van der Waals surface area contributed by atoms with Crippen LogP contribution in [-0.4, -0.2) is 23.1 Å². The Morgan fingerprint density at radius 1 is 0.926 bits per heavy atom. The summed E-state index contributed by atoms with van der Waals surface area (Å²) >= 11 is 0. The Kier molecular flexibility index (Phi) is 4.14. The SMILES string of the molecule is Cc1ccccc1N1C(C(C)(C)C)N2C=C[C@@](C)(c3ccccc3)C2[C@@H]1C. The maximum atomic E-state index is 2.67. The van der Waals surface area contributed by atoms with E-state index in [1.54, 1.807) is 0 Å². The predicted octanol–water partition coefficient (Wildman–Crippen LogP) is 5.73. The third-order valence-corrected chi connectivity index (χ3v) is 6.53. The zero-order valence-corrected chi connectivity index (χ0v) is 17.5. The van der Waals surface area contributed by atoms with Gasteiger partial charge in [-0.3, -0.25) is 0 Å². The summed E-state index contributed by atoms with van der Waals surface area (Å²) in [4.78, 5) is 5.30. The van der Waals surface area contributed by atoms with Crippen molar-refractivity contribution in [1.29, 1.82) is 0 Å². The molecular weight excluding hydrogens is 328 g/mol. The summed E-state index contributed by atoms with van der Waals surface area (Å²) in [6.45, 7) is 14.1. The summed E-state index contributed by atoms with van der Waals surface area (Å²) in [5.41, 5.74) is 4.27. The lowest BCUT2D eigenvalue weighted by Crippen LogP contribution is -2.47. The Morgan fingerprint density at radius 3 is 2.19 bits per heavy atom. The molecule has 4 rings (SSSR count). The molecule has 2 aromatic rings. The van der Waals surface area contributed by atoms with Crippen molar-refractivity contribution >= 4 is 5.69 Å². The highest BCUT2D eigenvalue weighted by atomic mass is 15.5. The average molecular weight is 361 g/mol. The van der Waals surface area contributed by atoms with Crippen molar-refractivity contribution in [1.82, 2.24) is 4.90 Å². The Bertz CT molecular complexity index is 848. The second kappa shape index (κ2) is 6.15. The van der Waals surface area contributed by atoms with Gasteiger partial charge in [0.05, 0.1) is 6.04 Å². The number of anilines is 1. The third kappa shape index (κ3) is 2.69. The fourth-order valence-electron chi connectivity index (χ4n) is 5.38. The minimum atomic E-state index is 0.0155. The molecule has 142 valence electrons. The van der Waals surface area contributed by atoms with Crippen molar-refractivity contribution in [3.8, 4) is 0 Å². The molecule has 0 amide bonds. The van der Waals surface area contributed by atoms with Crippen molar-refractivity contribution in [2.75, 3.05) is 4.90 Å². The van der Waals surface area contributed by atoms with Crippen molar-refractivity contribution < 1.29 is 0 Å². The normalized spacial score (nSPS) is 30.1. The van der Waals surface area contributed by atoms with Gasteiger partial charge in [0.25, 0.3) is 0 Å². The first-order chi connectivity index (χ1) is 12.7. The van der Waals surface area contributed by atoms with Gasteiger partial charge in [0.1, 0.15) is 6.17 Å². The monoisotopic (exact) mass is 360 g/mol. The molecule has 2 heterocycles. The van der Waals surface area contributed by atoms with E-state index in [4.69, 9.17) is 0 Å². The molecule has 0 bridgehead atoms. The molecule has 0 radical (unpaired) electrons. The molecule has 2 unspecified atom stereocenters. The van der Waals surface area contributed by atoms with Crippen molar-refractivity contribution in [2.45, 2.75) is 65.2 Å². The Hall–Kier alpha value is -2.22. The smallest absolute Gasteiger partial charge is 0.107 e. The number of nitrogens with zero attached hydrogens (tertiary/aromatic N) is 2. The molecule has 0 spiro atoms. The molecule has 0 aliphatic carbocycles. The molecule has 2 heteroatoms. The summed E-state index contributed by atoms with van der Waals surface area (Å²) in [6, 6.07) is 20.7. The molecule has 2 aromatic carbocycles. The van der Waals surface area contributed by atoms with Crippen LogP contribution in [0.25, 0.3) is 0 Å². The molecule has 2 aliphatic heterocycles. The van der Waals surface area contributed by atoms with Crippen molar-refractivity contribution in [3.63, 3.8) is 0 Å². The highest BCUT2D eigenvalue weighted by Gasteiger charge is 2.57. The van der Waals surface area contributed by atoms with Gasteiger partial charge in [-0.2, -0.15) is 0 Å². The van der Waals surface area contributed by atoms with Crippen LogP contribution in [0.3, 0.4) is 0 Å². The molecule has 1 fully saturated rings. The lowest BCUT2D eigenvalue weighted by Gasteiger charge is -2.41. The number of para-hydroxylation sites is 1. The number of fused-ring (bicyclic) bond motifs is 1. The quantitative estimate of drug-likeness (QED) is 0.674. The number of benzene rings is 2. The van der Waals surface area contributed by atoms with E-state index in [-0.39, 0.29) is 10.8 Å². The number of aryl methyl sites for hydroxylation is 1. The summed E-state index contributed by atoms with van der Waals surface area (Å²) in [6.07, 6.45) is 5.13. The van der Waals surface area contributed by atoms with Gasteiger partial charge < -0.3 is 9.80 Å². The van der Waals surface area contributed by atoms with Gasteiger partial charge in [-0.15, -0.1) is 0 Å². The topological polar surface area (TPSA) is 6.48 Å². The fraction of sp³-hybridized carbons (Fsp3) is 0.440. The first-order valence-electron chi connectivity index (χ1n) is 10.1. The van der Waals surface area contributed by atoms with Crippen molar-refractivity contribution in [3.05, 3.63) is 78.0 Å². The number of hydrogen-bond acceptors (Lipinski definition) is 2. The van der Waals surface area contributed by atoms with Crippen molar-refractivity contribution in [2.24, 2.45) is 5.41 Å². The zero-order valence-electron chi connectivity index (χ0n) is 17.5. The largest absolute Gasteiger partial charge is 0.351 e. The molecule has 27 heavy (non-hydrogen) atoms. The van der Waals surface area contributed by atoms with Crippen LogP contribution in [0.15, 0.2) is 66.9 Å². The Balaban J connectivity index is 1.84. The van der Waals surface area contributed by atoms with Gasteiger partial charge in [-0.1, -0.05) is 75.4 Å². The van der Waals surface area contributed by atoms with Crippen LogP contribution in [0.4, 0.5) is 5.69 Å². The maximum Gasteiger partial charge on any atom is 0.107 e. The van der Waals surface area contributed by atoms with Gasteiger partial charge in [0, 0.05) is 22.6 Å². The first-order valence-corrected chi connectivity index (χ1v) is 10.1. The highest BCUT2D eigenvalue weighted by Crippen LogP contribution is 2.50. The molecule has 1 saturated heterocycles. The maximum absolute atomic E-state index is 2.67. The summed E-state index contributed by atoms with van der Waals surface area (Å²) in [7, 11) is 0. The van der Waals surface area contributed by atoms with Crippen LogP contribution < -0.4 is 4.90 Å². The van der Waals surface area contributed by atoms with Crippen LogP contribution in [0, 0.1) is 12.3 Å². The average Bonchev–Trinajstić information content (AvgIpc) is 3.13. The van der Waals surface area contributed by atoms with E-state index in [2.05, 4.69) is 118 Å². The third-order valence-electron chi connectivity index (χ3n) is 6.53. The van der Waals surface area contributed by atoms with E-state index in [1.165, 1.54) is 16.8 Å². The first kappa shape index (κ1) is 18.2. The van der Waals surface area contributed by atoms with Crippen LogP contribution >= 0.6 is 0 Å². The van der Waals surface area contributed by atoms with Crippen LogP contribution in [0.1, 0.15) is 45.7 Å². The zero-order chi connectivity index (χ0) is 19.4. The molecule has 0 saturated carbocycles. The highest BCUT2D eigenvalue weighted by molar-refractivity contribution is 5.58. The van der Waals surface area contributed by atoms with Crippen LogP contribution in [0.2, 0.25) is 0 Å². The summed E-state index contributed by atoms with van der Waals surface area (Å²) < 4.78 is 0. The second-order valence-corrected chi connectivity index (χ2v) is 9.53. The standard InChI is InChI=1S/C25H32N2/c1-18-12-10-11-15-21(18)27-19(2)22-25(6,20-13-8-7-9-14-20)16-17-26(22)23(27)24(3,4)5/h7-17,19,22-23H,1-6H3/t19-,22?,23?,25-/m0/s1. The number of rotatable bonds is 2. The lowest BCUT2D eigenvalue weighted by atomic mass is 9.75. The van der Waals surface area contributed by atoms with Gasteiger partial charge in [-0.05, 0) is 44.2 Å². The van der Waals surface area contributed by atoms with Gasteiger partial charge >= 0.3 is 0 Å². The Morgan fingerprint density at radius 2 is 1.56 bits per heavy atom. The van der Waals surface area contributed by atoms with Gasteiger partial charge in [0.15, 0.2) is 0 Å². The van der Waals surface area contributed by atoms with E-state index in [0.29, 0.717) is 18.2 Å². The molecular formula is C25H32N2. The second-order valence-electron chi connectivity index (χ2n) is 9.53.